The van der Waals surface area contributed by atoms with E-state index in [-0.39, 0.29) is 18.0 Å². The van der Waals surface area contributed by atoms with E-state index in [9.17, 15) is 4.79 Å². The number of hydrogen-bond donors (Lipinski definition) is 2. The number of amides is 1. The molecule has 1 unspecified atom stereocenters. The van der Waals surface area contributed by atoms with Gasteiger partial charge >= 0.3 is 0 Å². The predicted molar refractivity (Wildman–Crippen MR) is 107 cm³/mol. The number of benzene rings is 2. The molecule has 2 aromatic carbocycles. The molecule has 0 spiro atoms. The quantitative estimate of drug-likeness (QED) is 0.715. The molecule has 0 aromatic heterocycles. The Morgan fingerprint density at radius 3 is 2.81 bits per heavy atom. The summed E-state index contributed by atoms with van der Waals surface area (Å²) in [5.74, 6) is 1.08. The van der Waals surface area contributed by atoms with Crippen molar-refractivity contribution in [1.82, 2.24) is 5.32 Å². The molecule has 0 saturated carbocycles. The number of thioether (sulfide) groups is 1. The lowest BCUT2D eigenvalue weighted by Gasteiger charge is -2.15. The first kappa shape index (κ1) is 19.0. The zero-order valence-electron chi connectivity index (χ0n) is 14.4. The Bertz CT molecular complexity index is 909. The number of carbonyl (C=O) groups excluding carboxylic acids is 1. The lowest BCUT2D eigenvalue weighted by molar-refractivity contribution is -0.116. The summed E-state index contributed by atoms with van der Waals surface area (Å²) < 4.78 is 10.5. The van der Waals surface area contributed by atoms with Crippen LogP contribution in [0.1, 0.15) is 5.56 Å². The number of nitrogens with zero attached hydrogens (tertiary/aromatic N) is 1. The largest absolute Gasteiger partial charge is 0.495 e. The van der Waals surface area contributed by atoms with Crippen LogP contribution in [-0.2, 0) is 4.79 Å². The van der Waals surface area contributed by atoms with Gasteiger partial charge in [0.1, 0.15) is 17.6 Å². The van der Waals surface area contributed by atoms with E-state index in [0.717, 1.165) is 5.56 Å². The minimum Gasteiger partial charge on any atom is -0.495 e. The molecule has 1 saturated heterocycles. The Balaban J connectivity index is 1.69. The first-order chi connectivity index (χ1) is 13.1. The molecule has 6 nitrogen and oxygen atoms in total. The molecule has 0 bridgehead atoms. The Hall–Kier alpha value is -2.82. The van der Waals surface area contributed by atoms with Crippen LogP contribution < -0.4 is 20.1 Å². The number of carbonyl (C=O) groups is 1. The van der Waals surface area contributed by atoms with Crippen molar-refractivity contribution >= 4 is 41.0 Å². The highest BCUT2D eigenvalue weighted by molar-refractivity contribution is 8.05. The Labute approximate surface area is 166 Å². The molecular formula is C19H16ClN3O3S. The second kappa shape index (κ2) is 8.71. The highest BCUT2D eigenvalue weighted by Gasteiger charge is 2.27. The van der Waals surface area contributed by atoms with Gasteiger partial charge in [0.15, 0.2) is 12.1 Å². The number of rotatable bonds is 6. The SMILES string of the molecule is COc1ccc(Cl)cc1NC1NC(=O)/C(=C/c2ccc(OCC#N)cc2)S1. The minimum atomic E-state index is -0.339. The minimum absolute atomic E-state index is 0.000984. The molecule has 1 aliphatic rings. The molecule has 8 heteroatoms. The zero-order chi connectivity index (χ0) is 19.2. The average Bonchev–Trinajstić information content (AvgIpc) is 3.00. The van der Waals surface area contributed by atoms with Crippen molar-refractivity contribution < 1.29 is 14.3 Å². The summed E-state index contributed by atoms with van der Waals surface area (Å²) in [4.78, 5) is 12.8. The number of halogens is 1. The summed E-state index contributed by atoms with van der Waals surface area (Å²) in [7, 11) is 1.57. The summed E-state index contributed by atoms with van der Waals surface area (Å²) in [6, 6.07) is 14.3. The van der Waals surface area contributed by atoms with Gasteiger partial charge in [0, 0.05) is 5.02 Å². The number of ether oxygens (including phenoxy) is 2. The summed E-state index contributed by atoms with van der Waals surface area (Å²) in [6.07, 6.45) is 1.80. The molecule has 0 aliphatic carbocycles. The number of hydrogen-bond acceptors (Lipinski definition) is 6. The van der Waals surface area contributed by atoms with Gasteiger partial charge in [-0.15, -0.1) is 0 Å². The fourth-order valence-corrected chi connectivity index (χ4v) is 3.57. The number of nitrogens with one attached hydrogen (secondary N) is 2. The van der Waals surface area contributed by atoms with E-state index >= 15 is 0 Å². The van der Waals surface area contributed by atoms with Crippen LogP contribution in [0.15, 0.2) is 47.4 Å². The monoisotopic (exact) mass is 401 g/mol. The molecule has 1 aliphatic heterocycles. The van der Waals surface area contributed by atoms with Crippen molar-refractivity contribution in [3.05, 3.63) is 58.0 Å². The van der Waals surface area contributed by atoms with Gasteiger partial charge in [0.2, 0.25) is 0 Å². The van der Waals surface area contributed by atoms with Crippen LogP contribution >= 0.6 is 23.4 Å². The van der Waals surface area contributed by atoms with Crippen molar-refractivity contribution in [1.29, 1.82) is 5.26 Å². The number of methoxy groups -OCH3 is 1. The molecule has 3 rings (SSSR count). The van der Waals surface area contributed by atoms with Gasteiger partial charge in [-0.05, 0) is 42.0 Å². The fraction of sp³-hybridized carbons (Fsp3) is 0.158. The maximum atomic E-state index is 12.3. The molecule has 27 heavy (non-hydrogen) atoms. The van der Waals surface area contributed by atoms with Gasteiger partial charge in [-0.2, -0.15) is 5.26 Å². The second-order valence-electron chi connectivity index (χ2n) is 5.48. The van der Waals surface area contributed by atoms with Gasteiger partial charge in [0.05, 0.1) is 17.7 Å². The Morgan fingerprint density at radius 2 is 2.11 bits per heavy atom. The molecule has 1 atom stereocenters. The molecule has 2 N–H and O–H groups in total. The average molecular weight is 402 g/mol. The van der Waals surface area contributed by atoms with E-state index in [1.54, 1.807) is 43.5 Å². The fourth-order valence-electron chi connectivity index (χ4n) is 2.43. The van der Waals surface area contributed by atoms with Crippen LogP contribution in [0.3, 0.4) is 0 Å². The van der Waals surface area contributed by atoms with Crippen molar-refractivity contribution in [2.75, 3.05) is 19.0 Å². The topological polar surface area (TPSA) is 83.4 Å². The van der Waals surface area contributed by atoms with E-state index in [2.05, 4.69) is 10.6 Å². The number of anilines is 1. The Morgan fingerprint density at radius 1 is 1.33 bits per heavy atom. The molecule has 1 amide bonds. The normalized spacial score (nSPS) is 17.3. The summed E-state index contributed by atoms with van der Waals surface area (Å²) in [6.45, 7) is -0.000984. The lowest BCUT2D eigenvalue weighted by atomic mass is 10.2. The maximum Gasteiger partial charge on any atom is 0.260 e. The number of nitriles is 1. The highest BCUT2D eigenvalue weighted by atomic mass is 35.5. The smallest absolute Gasteiger partial charge is 0.260 e. The Kier molecular flexibility index (Phi) is 6.12. The molecule has 0 radical (unpaired) electrons. The molecule has 138 valence electrons. The van der Waals surface area contributed by atoms with Gasteiger partial charge in [-0.25, -0.2) is 0 Å². The molecule has 2 aromatic rings. The van der Waals surface area contributed by atoms with Crippen LogP contribution in [0.2, 0.25) is 5.02 Å². The maximum absolute atomic E-state index is 12.3. The van der Waals surface area contributed by atoms with Crippen LogP contribution in [0, 0.1) is 11.3 Å². The zero-order valence-corrected chi connectivity index (χ0v) is 15.9. The standard InChI is InChI=1S/C19H16ClN3O3S/c1-25-16-7-4-13(20)11-15(16)22-19-23-18(24)17(27-19)10-12-2-5-14(6-3-12)26-9-8-21/h2-7,10-11,19,22H,9H2,1H3,(H,23,24)/b17-10-. The van der Waals surface area contributed by atoms with Crippen molar-refractivity contribution in [3.63, 3.8) is 0 Å². The highest BCUT2D eigenvalue weighted by Crippen LogP contribution is 2.34. The van der Waals surface area contributed by atoms with E-state index in [4.69, 9.17) is 26.3 Å². The second-order valence-corrected chi connectivity index (χ2v) is 7.07. The third-order valence-corrected chi connectivity index (χ3v) is 4.92. The van der Waals surface area contributed by atoms with E-state index < -0.39 is 0 Å². The van der Waals surface area contributed by atoms with Crippen LogP contribution in [0.25, 0.3) is 6.08 Å². The summed E-state index contributed by atoms with van der Waals surface area (Å²) in [5.41, 5.74) is 1.22. The van der Waals surface area contributed by atoms with E-state index in [1.165, 1.54) is 11.8 Å². The van der Waals surface area contributed by atoms with E-state index in [1.807, 2.05) is 18.2 Å². The summed E-state index contributed by atoms with van der Waals surface area (Å²) >= 11 is 7.41. The van der Waals surface area contributed by atoms with Gasteiger partial charge in [-0.1, -0.05) is 35.5 Å². The molecule has 1 fully saturated rings. The van der Waals surface area contributed by atoms with Crippen molar-refractivity contribution in [2.45, 2.75) is 5.50 Å². The van der Waals surface area contributed by atoms with Crippen molar-refractivity contribution in [2.24, 2.45) is 0 Å². The molecule has 1 heterocycles. The lowest BCUT2D eigenvalue weighted by Crippen LogP contribution is -2.31. The van der Waals surface area contributed by atoms with Crippen LogP contribution in [-0.4, -0.2) is 25.1 Å². The van der Waals surface area contributed by atoms with Gasteiger partial charge in [-0.3, -0.25) is 4.79 Å². The first-order valence-corrected chi connectivity index (χ1v) is 9.24. The first-order valence-electron chi connectivity index (χ1n) is 7.98. The van der Waals surface area contributed by atoms with Crippen LogP contribution in [0.4, 0.5) is 5.69 Å². The van der Waals surface area contributed by atoms with Gasteiger partial charge < -0.3 is 20.1 Å². The van der Waals surface area contributed by atoms with E-state index in [0.29, 0.717) is 27.1 Å². The third kappa shape index (κ3) is 4.88. The molecular weight excluding hydrogens is 386 g/mol. The van der Waals surface area contributed by atoms with Crippen LogP contribution in [0.5, 0.6) is 11.5 Å². The summed E-state index contributed by atoms with van der Waals surface area (Å²) in [5, 5.41) is 15.2. The predicted octanol–water partition coefficient (Wildman–Crippen LogP) is 3.85. The van der Waals surface area contributed by atoms with Crippen molar-refractivity contribution in [3.8, 4) is 17.6 Å². The third-order valence-electron chi connectivity index (χ3n) is 3.66. The van der Waals surface area contributed by atoms with Gasteiger partial charge in [0.25, 0.3) is 5.91 Å².